The fraction of sp³-hybridized carbons (Fsp3) is 0.143. The van der Waals surface area contributed by atoms with Gasteiger partial charge in [-0.1, -0.05) is 24.3 Å². The summed E-state index contributed by atoms with van der Waals surface area (Å²) < 4.78 is 25.5. The molecule has 100 valence electrons. The molecule has 0 bridgehead atoms. The SMILES string of the molecule is Cc1ccccc1S(=O)(=O)Cc1ccc(Br)c(N)c1. The van der Waals surface area contributed by atoms with E-state index in [1.54, 1.807) is 43.3 Å². The Kier molecular flexibility index (Phi) is 3.96. The fourth-order valence-corrected chi connectivity index (χ4v) is 3.75. The van der Waals surface area contributed by atoms with E-state index in [4.69, 9.17) is 5.73 Å². The van der Waals surface area contributed by atoms with Crippen molar-refractivity contribution in [3.8, 4) is 0 Å². The number of sulfone groups is 1. The summed E-state index contributed by atoms with van der Waals surface area (Å²) in [6, 6.07) is 12.2. The van der Waals surface area contributed by atoms with Crippen molar-refractivity contribution in [2.75, 3.05) is 5.73 Å². The molecule has 0 saturated heterocycles. The van der Waals surface area contributed by atoms with Crippen LogP contribution in [0.15, 0.2) is 51.8 Å². The summed E-state index contributed by atoms with van der Waals surface area (Å²) in [4.78, 5) is 0.372. The molecule has 2 aromatic rings. The molecule has 3 nitrogen and oxygen atoms in total. The average Bonchev–Trinajstić information content (AvgIpc) is 2.34. The van der Waals surface area contributed by atoms with Crippen LogP contribution in [-0.2, 0) is 15.6 Å². The number of hydrogen-bond acceptors (Lipinski definition) is 3. The van der Waals surface area contributed by atoms with Gasteiger partial charge in [-0.2, -0.15) is 0 Å². The number of halogens is 1. The van der Waals surface area contributed by atoms with Gasteiger partial charge in [0.1, 0.15) is 0 Å². The molecule has 0 fully saturated rings. The minimum Gasteiger partial charge on any atom is -0.398 e. The first-order valence-electron chi connectivity index (χ1n) is 5.72. The van der Waals surface area contributed by atoms with Crippen LogP contribution in [0.4, 0.5) is 5.69 Å². The lowest BCUT2D eigenvalue weighted by Gasteiger charge is -2.08. The van der Waals surface area contributed by atoms with Crippen LogP contribution < -0.4 is 5.73 Å². The van der Waals surface area contributed by atoms with Crippen LogP contribution in [0, 0.1) is 6.92 Å². The molecule has 5 heteroatoms. The number of nitrogen functional groups attached to an aromatic ring is 1. The summed E-state index contributed by atoms with van der Waals surface area (Å²) in [5.74, 6) is -0.0463. The van der Waals surface area contributed by atoms with Gasteiger partial charge < -0.3 is 5.73 Å². The van der Waals surface area contributed by atoms with Crippen molar-refractivity contribution in [2.24, 2.45) is 0 Å². The lowest BCUT2D eigenvalue weighted by molar-refractivity contribution is 0.594. The van der Waals surface area contributed by atoms with Crippen LogP contribution in [0.3, 0.4) is 0 Å². The predicted molar refractivity (Wildman–Crippen MR) is 80.6 cm³/mol. The second-order valence-electron chi connectivity index (χ2n) is 4.38. The molecule has 0 atom stereocenters. The third-order valence-corrected chi connectivity index (χ3v) is 5.41. The van der Waals surface area contributed by atoms with Crippen molar-refractivity contribution in [1.82, 2.24) is 0 Å². The number of hydrogen-bond donors (Lipinski definition) is 1. The zero-order valence-electron chi connectivity index (χ0n) is 10.4. The maximum absolute atomic E-state index is 12.4. The molecule has 0 radical (unpaired) electrons. The van der Waals surface area contributed by atoms with Gasteiger partial charge in [0.25, 0.3) is 0 Å². The monoisotopic (exact) mass is 339 g/mol. The van der Waals surface area contributed by atoms with Gasteiger partial charge in [-0.05, 0) is 52.2 Å². The van der Waals surface area contributed by atoms with Gasteiger partial charge in [0, 0.05) is 10.2 Å². The Hall–Kier alpha value is -1.33. The highest BCUT2D eigenvalue weighted by Gasteiger charge is 2.17. The topological polar surface area (TPSA) is 60.2 Å². The Morgan fingerprint density at radius 3 is 2.47 bits per heavy atom. The molecule has 19 heavy (non-hydrogen) atoms. The van der Waals surface area contributed by atoms with E-state index in [0.29, 0.717) is 16.1 Å². The van der Waals surface area contributed by atoms with Crippen LogP contribution in [-0.4, -0.2) is 8.42 Å². The van der Waals surface area contributed by atoms with E-state index in [-0.39, 0.29) is 5.75 Å². The summed E-state index contributed by atoms with van der Waals surface area (Å²) in [7, 11) is -3.34. The quantitative estimate of drug-likeness (QED) is 0.872. The smallest absolute Gasteiger partial charge is 0.182 e. The van der Waals surface area contributed by atoms with Crippen molar-refractivity contribution in [2.45, 2.75) is 17.6 Å². The van der Waals surface area contributed by atoms with E-state index in [1.165, 1.54) is 0 Å². The summed E-state index contributed by atoms with van der Waals surface area (Å²) in [6.45, 7) is 1.79. The Morgan fingerprint density at radius 2 is 1.84 bits per heavy atom. The number of nitrogens with two attached hydrogens (primary N) is 1. The molecule has 2 rings (SSSR count). The Balaban J connectivity index is 2.37. The molecule has 0 heterocycles. The molecule has 0 aliphatic carbocycles. The molecule has 0 aromatic heterocycles. The average molecular weight is 340 g/mol. The van der Waals surface area contributed by atoms with Gasteiger partial charge in [0.15, 0.2) is 9.84 Å². The maximum Gasteiger partial charge on any atom is 0.182 e. The van der Waals surface area contributed by atoms with E-state index in [9.17, 15) is 8.42 Å². The zero-order valence-corrected chi connectivity index (χ0v) is 12.8. The van der Waals surface area contributed by atoms with E-state index in [0.717, 1.165) is 10.0 Å². The van der Waals surface area contributed by atoms with Crippen molar-refractivity contribution in [3.05, 3.63) is 58.1 Å². The summed E-state index contributed by atoms with van der Waals surface area (Å²) in [5, 5.41) is 0. The van der Waals surface area contributed by atoms with Gasteiger partial charge >= 0.3 is 0 Å². The lowest BCUT2D eigenvalue weighted by atomic mass is 10.2. The minimum atomic E-state index is -3.34. The van der Waals surface area contributed by atoms with Crippen molar-refractivity contribution in [1.29, 1.82) is 0 Å². The van der Waals surface area contributed by atoms with Gasteiger partial charge in [-0.3, -0.25) is 0 Å². The standard InChI is InChI=1S/C14H14BrNO2S/c1-10-4-2-3-5-14(10)19(17,18)9-11-6-7-12(15)13(16)8-11/h2-8H,9,16H2,1H3. The highest BCUT2D eigenvalue weighted by atomic mass is 79.9. The van der Waals surface area contributed by atoms with Gasteiger partial charge in [0.2, 0.25) is 0 Å². The first-order valence-corrected chi connectivity index (χ1v) is 8.17. The number of aryl methyl sites for hydroxylation is 1. The number of benzene rings is 2. The minimum absolute atomic E-state index is 0.0463. The molecule has 0 spiro atoms. The lowest BCUT2D eigenvalue weighted by Crippen LogP contribution is -2.07. The number of rotatable bonds is 3. The molecule has 0 unspecified atom stereocenters. The van der Waals surface area contributed by atoms with Crippen LogP contribution in [0.2, 0.25) is 0 Å². The molecule has 0 aliphatic rings. The Labute approximate surface area is 121 Å². The molecule has 0 amide bonds. The molecule has 0 aliphatic heterocycles. The van der Waals surface area contributed by atoms with Gasteiger partial charge in [-0.25, -0.2) is 8.42 Å². The highest BCUT2D eigenvalue weighted by molar-refractivity contribution is 9.10. The van der Waals surface area contributed by atoms with E-state index < -0.39 is 9.84 Å². The molecular formula is C14H14BrNO2S. The third-order valence-electron chi connectivity index (χ3n) is 2.85. The summed E-state index contributed by atoms with van der Waals surface area (Å²) >= 11 is 3.29. The second-order valence-corrected chi connectivity index (χ2v) is 7.19. The Morgan fingerprint density at radius 1 is 1.16 bits per heavy atom. The summed E-state index contributed by atoms with van der Waals surface area (Å²) in [6.07, 6.45) is 0. The van der Waals surface area contributed by atoms with Crippen molar-refractivity contribution >= 4 is 31.5 Å². The molecule has 0 saturated carbocycles. The zero-order chi connectivity index (χ0) is 14.0. The third kappa shape index (κ3) is 3.16. The van der Waals surface area contributed by atoms with E-state index in [1.807, 2.05) is 6.07 Å². The first kappa shape index (κ1) is 14.1. The van der Waals surface area contributed by atoms with Crippen LogP contribution in [0.25, 0.3) is 0 Å². The van der Waals surface area contributed by atoms with Gasteiger partial charge in [-0.15, -0.1) is 0 Å². The van der Waals surface area contributed by atoms with Crippen molar-refractivity contribution < 1.29 is 8.42 Å². The van der Waals surface area contributed by atoms with Crippen molar-refractivity contribution in [3.63, 3.8) is 0 Å². The largest absolute Gasteiger partial charge is 0.398 e. The summed E-state index contributed by atoms with van der Waals surface area (Å²) in [5.41, 5.74) is 7.75. The molecule has 2 aromatic carbocycles. The van der Waals surface area contributed by atoms with Crippen LogP contribution in [0.5, 0.6) is 0 Å². The second kappa shape index (κ2) is 5.35. The predicted octanol–water partition coefficient (Wildman–Crippen LogP) is 3.31. The molecule has 2 N–H and O–H groups in total. The fourth-order valence-electron chi connectivity index (χ4n) is 1.89. The van der Waals surface area contributed by atoms with E-state index >= 15 is 0 Å². The van der Waals surface area contributed by atoms with E-state index in [2.05, 4.69) is 15.9 Å². The normalized spacial score (nSPS) is 11.5. The highest BCUT2D eigenvalue weighted by Crippen LogP contribution is 2.24. The Bertz CT molecular complexity index is 711. The van der Waals surface area contributed by atoms with Gasteiger partial charge in [0.05, 0.1) is 10.6 Å². The maximum atomic E-state index is 12.4. The number of anilines is 1. The molecular weight excluding hydrogens is 326 g/mol. The van der Waals surface area contributed by atoms with Crippen LogP contribution in [0.1, 0.15) is 11.1 Å². The van der Waals surface area contributed by atoms with Crippen LogP contribution >= 0.6 is 15.9 Å². The first-order chi connectivity index (χ1) is 8.90.